The molecule has 120 valence electrons. The Morgan fingerprint density at radius 1 is 1.30 bits per heavy atom. The lowest BCUT2D eigenvalue weighted by atomic mass is 10.1. The fourth-order valence-electron chi connectivity index (χ4n) is 2.66. The maximum absolute atomic E-state index is 12.4. The topological polar surface area (TPSA) is 45.2 Å². The van der Waals surface area contributed by atoms with Gasteiger partial charge in [0.25, 0.3) is 0 Å². The molecule has 0 aliphatic carbocycles. The number of nitrogens with one attached hydrogen (secondary N) is 1. The minimum absolute atomic E-state index is 0.0623. The third kappa shape index (κ3) is 4.25. The Hall–Kier alpha value is -1.56. The highest BCUT2D eigenvalue weighted by Gasteiger charge is 2.26. The summed E-state index contributed by atoms with van der Waals surface area (Å²) >= 11 is 7.92. The Kier molecular flexibility index (Phi) is 5.54. The van der Waals surface area contributed by atoms with Gasteiger partial charge in [-0.15, -0.1) is 0 Å². The Labute approximate surface area is 145 Å². The molecular weight excluding hydrogens is 330 g/mol. The molecule has 1 aromatic carbocycles. The summed E-state index contributed by atoms with van der Waals surface area (Å²) in [6.07, 6.45) is 1.60. The monoisotopic (exact) mass is 347 g/mol. The van der Waals surface area contributed by atoms with Crippen LogP contribution in [0.4, 0.5) is 5.69 Å². The standard InChI is InChI=1S/C17H18ClN3OS/c18-17-14(7-4-8-19-17)20-16(22)11-21-9-10-23-12-15(21)13-5-2-1-3-6-13/h1-8,15H,9-12H2,(H,20,22)/t15-/m1/s1. The van der Waals surface area contributed by atoms with E-state index in [9.17, 15) is 4.79 Å². The Morgan fingerprint density at radius 2 is 2.13 bits per heavy atom. The molecule has 1 atom stereocenters. The van der Waals surface area contributed by atoms with Crippen LogP contribution in [0.1, 0.15) is 11.6 Å². The number of amides is 1. The molecule has 4 nitrogen and oxygen atoms in total. The molecule has 0 saturated carbocycles. The summed E-state index contributed by atoms with van der Waals surface area (Å²) in [5.74, 6) is 1.99. The third-order valence-electron chi connectivity index (χ3n) is 3.80. The first kappa shape index (κ1) is 16.3. The van der Waals surface area contributed by atoms with Gasteiger partial charge in [0.05, 0.1) is 12.2 Å². The Bertz CT molecular complexity index is 668. The first-order valence-electron chi connectivity index (χ1n) is 7.51. The summed E-state index contributed by atoms with van der Waals surface area (Å²) in [7, 11) is 0. The molecule has 3 rings (SSSR count). The second-order valence-corrected chi connectivity index (χ2v) is 6.87. The molecule has 1 aliphatic rings. The van der Waals surface area contributed by atoms with Gasteiger partial charge >= 0.3 is 0 Å². The molecule has 2 aromatic rings. The van der Waals surface area contributed by atoms with Gasteiger partial charge in [-0.05, 0) is 17.7 Å². The molecule has 1 aliphatic heterocycles. The second kappa shape index (κ2) is 7.81. The molecule has 6 heteroatoms. The van der Waals surface area contributed by atoms with E-state index in [0.29, 0.717) is 17.4 Å². The van der Waals surface area contributed by atoms with E-state index in [4.69, 9.17) is 11.6 Å². The van der Waals surface area contributed by atoms with Crippen LogP contribution in [0.15, 0.2) is 48.7 Å². The van der Waals surface area contributed by atoms with Crippen molar-refractivity contribution >= 4 is 35.0 Å². The number of benzene rings is 1. The van der Waals surface area contributed by atoms with E-state index in [2.05, 4.69) is 27.3 Å². The largest absolute Gasteiger partial charge is 0.322 e. The summed E-state index contributed by atoms with van der Waals surface area (Å²) < 4.78 is 0. The average molecular weight is 348 g/mol. The Balaban J connectivity index is 1.67. The van der Waals surface area contributed by atoms with Crippen molar-refractivity contribution in [1.82, 2.24) is 9.88 Å². The summed E-state index contributed by atoms with van der Waals surface area (Å²) in [6.45, 7) is 1.25. The lowest BCUT2D eigenvalue weighted by Crippen LogP contribution is -2.41. The van der Waals surface area contributed by atoms with Gasteiger partial charge in [-0.1, -0.05) is 41.9 Å². The maximum atomic E-state index is 12.4. The third-order valence-corrected chi connectivity index (χ3v) is 5.13. The summed E-state index contributed by atoms with van der Waals surface area (Å²) in [5.41, 5.74) is 1.81. The molecule has 1 aromatic heterocycles. The minimum atomic E-state index is -0.0623. The van der Waals surface area contributed by atoms with Crippen molar-refractivity contribution in [3.8, 4) is 0 Å². The number of pyridine rings is 1. The number of nitrogens with zero attached hydrogens (tertiary/aromatic N) is 2. The molecule has 1 fully saturated rings. The summed E-state index contributed by atoms with van der Waals surface area (Å²) in [5, 5.41) is 3.16. The fourth-order valence-corrected chi connectivity index (χ4v) is 3.99. The smallest absolute Gasteiger partial charge is 0.238 e. The van der Waals surface area contributed by atoms with Crippen LogP contribution in [0.5, 0.6) is 0 Å². The first-order chi connectivity index (χ1) is 11.2. The van der Waals surface area contributed by atoms with Crippen molar-refractivity contribution in [2.45, 2.75) is 6.04 Å². The first-order valence-corrected chi connectivity index (χ1v) is 9.04. The molecular formula is C17H18ClN3OS. The van der Waals surface area contributed by atoms with Crippen molar-refractivity contribution < 1.29 is 4.79 Å². The molecule has 0 radical (unpaired) electrons. The lowest BCUT2D eigenvalue weighted by Gasteiger charge is -2.35. The number of carbonyl (C=O) groups excluding carboxylic acids is 1. The van der Waals surface area contributed by atoms with Gasteiger partial charge in [0.1, 0.15) is 0 Å². The average Bonchev–Trinajstić information content (AvgIpc) is 2.58. The molecule has 1 amide bonds. The van der Waals surface area contributed by atoms with Crippen LogP contribution < -0.4 is 5.32 Å². The number of aromatic nitrogens is 1. The molecule has 1 saturated heterocycles. The number of rotatable bonds is 4. The van der Waals surface area contributed by atoms with Crippen LogP contribution in [-0.4, -0.2) is 40.4 Å². The molecule has 0 spiro atoms. The van der Waals surface area contributed by atoms with E-state index in [0.717, 1.165) is 18.1 Å². The summed E-state index contributed by atoms with van der Waals surface area (Å²) in [6, 6.07) is 14.1. The lowest BCUT2D eigenvalue weighted by molar-refractivity contribution is -0.117. The second-order valence-electron chi connectivity index (χ2n) is 5.36. The van der Waals surface area contributed by atoms with Crippen LogP contribution in [0, 0.1) is 0 Å². The zero-order chi connectivity index (χ0) is 16.1. The van der Waals surface area contributed by atoms with Gasteiger partial charge in [-0.25, -0.2) is 4.98 Å². The van der Waals surface area contributed by atoms with Gasteiger partial charge in [0.15, 0.2) is 5.15 Å². The van der Waals surface area contributed by atoms with Crippen molar-refractivity contribution in [1.29, 1.82) is 0 Å². The predicted octanol–water partition coefficient (Wildman–Crippen LogP) is 3.46. The highest BCUT2D eigenvalue weighted by atomic mass is 35.5. The van der Waals surface area contributed by atoms with E-state index in [1.165, 1.54) is 5.56 Å². The van der Waals surface area contributed by atoms with Gasteiger partial charge in [0, 0.05) is 30.3 Å². The van der Waals surface area contributed by atoms with Crippen LogP contribution in [-0.2, 0) is 4.79 Å². The van der Waals surface area contributed by atoms with E-state index in [-0.39, 0.29) is 11.9 Å². The van der Waals surface area contributed by atoms with Crippen LogP contribution in [0.25, 0.3) is 0 Å². The normalized spacial score (nSPS) is 18.6. The van der Waals surface area contributed by atoms with Crippen molar-refractivity contribution in [2.24, 2.45) is 0 Å². The van der Waals surface area contributed by atoms with E-state index in [1.54, 1.807) is 18.3 Å². The quantitative estimate of drug-likeness (QED) is 0.860. The molecule has 0 unspecified atom stereocenters. The molecule has 2 heterocycles. The number of carbonyl (C=O) groups is 1. The van der Waals surface area contributed by atoms with Crippen LogP contribution in [0.3, 0.4) is 0 Å². The zero-order valence-electron chi connectivity index (χ0n) is 12.6. The zero-order valence-corrected chi connectivity index (χ0v) is 14.2. The maximum Gasteiger partial charge on any atom is 0.238 e. The number of hydrogen-bond donors (Lipinski definition) is 1. The van der Waals surface area contributed by atoms with Crippen molar-refractivity contribution in [2.75, 3.05) is 29.9 Å². The number of hydrogen-bond acceptors (Lipinski definition) is 4. The van der Waals surface area contributed by atoms with Crippen molar-refractivity contribution in [3.63, 3.8) is 0 Å². The van der Waals surface area contributed by atoms with Gasteiger partial charge < -0.3 is 5.32 Å². The van der Waals surface area contributed by atoms with E-state index in [1.807, 2.05) is 30.0 Å². The summed E-state index contributed by atoms with van der Waals surface area (Å²) in [4.78, 5) is 18.6. The van der Waals surface area contributed by atoms with Gasteiger partial charge in [-0.2, -0.15) is 11.8 Å². The molecule has 1 N–H and O–H groups in total. The van der Waals surface area contributed by atoms with Crippen LogP contribution >= 0.6 is 23.4 Å². The predicted molar refractivity (Wildman–Crippen MR) is 96.0 cm³/mol. The van der Waals surface area contributed by atoms with Crippen molar-refractivity contribution in [3.05, 3.63) is 59.4 Å². The van der Waals surface area contributed by atoms with Gasteiger partial charge in [-0.3, -0.25) is 9.69 Å². The minimum Gasteiger partial charge on any atom is -0.322 e. The molecule has 23 heavy (non-hydrogen) atoms. The number of thioether (sulfide) groups is 1. The van der Waals surface area contributed by atoms with E-state index >= 15 is 0 Å². The fraction of sp³-hybridized carbons (Fsp3) is 0.294. The Morgan fingerprint density at radius 3 is 2.91 bits per heavy atom. The van der Waals surface area contributed by atoms with E-state index < -0.39 is 0 Å². The highest BCUT2D eigenvalue weighted by Crippen LogP contribution is 2.29. The SMILES string of the molecule is O=C(CN1CCSC[C@@H]1c1ccccc1)Nc1cccnc1Cl. The number of anilines is 1. The highest BCUT2D eigenvalue weighted by molar-refractivity contribution is 7.99. The molecule has 0 bridgehead atoms. The van der Waals surface area contributed by atoms with Gasteiger partial charge in [0.2, 0.25) is 5.91 Å². The number of halogens is 1. The van der Waals surface area contributed by atoms with Crippen LogP contribution in [0.2, 0.25) is 5.15 Å².